The van der Waals surface area contributed by atoms with Gasteiger partial charge in [-0.25, -0.2) is 4.39 Å². The van der Waals surface area contributed by atoms with Crippen LogP contribution in [0, 0.1) is 5.82 Å². The molecule has 0 atom stereocenters. The van der Waals surface area contributed by atoms with Crippen LogP contribution in [0.4, 0.5) is 15.8 Å². The van der Waals surface area contributed by atoms with Gasteiger partial charge in [0.05, 0.1) is 12.1 Å². The summed E-state index contributed by atoms with van der Waals surface area (Å²) in [6.45, 7) is 0.0728. The maximum Gasteiger partial charge on any atom is 0.127 e. The van der Waals surface area contributed by atoms with Crippen molar-refractivity contribution in [2.24, 2.45) is 0 Å². The highest BCUT2D eigenvalue weighted by atomic mass is 19.1. The smallest absolute Gasteiger partial charge is 0.127 e. The number of hydrogen-bond acceptors (Lipinski definition) is 3. The molecule has 1 saturated carbocycles. The van der Waals surface area contributed by atoms with Gasteiger partial charge in [0, 0.05) is 11.4 Å². The van der Waals surface area contributed by atoms with Crippen LogP contribution in [-0.2, 0) is 0 Å². The number of nitrogens with one attached hydrogen (secondary N) is 1. The lowest BCUT2D eigenvalue weighted by molar-refractivity contribution is 0.214. The average Bonchev–Trinajstić information content (AvgIpc) is 2.65. The van der Waals surface area contributed by atoms with Gasteiger partial charge in [-0.15, -0.1) is 0 Å². The number of nitrogens with two attached hydrogens (primary N) is 1. The van der Waals surface area contributed by atoms with Crippen molar-refractivity contribution in [2.45, 2.75) is 31.2 Å². The van der Waals surface area contributed by atoms with Crippen LogP contribution >= 0.6 is 0 Å². The number of rotatable bonds is 3. The maximum absolute atomic E-state index is 13.1. The second-order valence-electron chi connectivity index (χ2n) is 4.54. The molecular weight excluding hydrogens is 207 g/mol. The van der Waals surface area contributed by atoms with Gasteiger partial charge in [0.1, 0.15) is 5.82 Å². The summed E-state index contributed by atoms with van der Waals surface area (Å²) < 4.78 is 13.1. The van der Waals surface area contributed by atoms with Crippen molar-refractivity contribution in [1.82, 2.24) is 0 Å². The summed E-state index contributed by atoms with van der Waals surface area (Å²) in [6, 6.07) is 4.39. The van der Waals surface area contributed by atoms with Crippen molar-refractivity contribution in [3.05, 3.63) is 24.0 Å². The number of hydrogen-bond donors (Lipinski definition) is 3. The van der Waals surface area contributed by atoms with Gasteiger partial charge in [-0.05, 0) is 31.0 Å². The fourth-order valence-electron chi connectivity index (χ4n) is 2.37. The SMILES string of the molecule is Nc1cc(F)cc(NC2(CO)CCCC2)c1. The Morgan fingerprint density at radius 2 is 2.00 bits per heavy atom. The molecule has 0 saturated heterocycles. The molecular formula is C12H17FN2O. The summed E-state index contributed by atoms with van der Waals surface area (Å²) in [5.41, 5.74) is 6.33. The highest BCUT2D eigenvalue weighted by Crippen LogP contribution is 2.33. The van der Waals surface area contributed by atoms with Crippen molar-refractivity contribution in [1.29, 1.82) is 0 Å². The van der Waals surface area contributed by atoms with E-state index in [4.69, 9.17) is 5.73 Å². The molecule has 0 aliphatic heterocycles. The summed E-state index contributed by atoms with van der Waals surface area (Å²) >= 11 is 0. The van der Waals surface area contributed by atoms with Crippen LogP contribution in [0.1, 0.15) is 25.7 Å². The van der Waals surface area contributed by atoms with Crippen LogP contribution in [0.2, 0.25) is 0 Å². The van der Waals surface area contributed by atoms with Crippen molar-refractivity contribution >= 4 is 11.4 Å². The molecule has 0 aromatic heterocycles. The summed E-state index contributed by atoms with van der Waals surface area (Å²) in [5.74, 6) is -0.353. The number of anilines is 2. The largest absolute Gasteiger partial charge is 0.399 e. The van der Waals surface area contributed by atoms with E-state index in [2.05, 4.69) is 5.32 Å². The molecule has 4 N–H and O–H groups in total. The van der Waals surface area contributed by atoms with E-state index < -0.39 is 0 Å². The summed E-state index contributed by atoms with van der Waals surface area (Å²) in [6.07, 6.45) is 4.02. The predicted octanol–water partition coefficient (Wildman–Crippen LogP) is 2.12. The quantitative estimate of drug-likeness (QED) is 0.689. The zero-order valence-corrected chi connectivity index (χ0v) is 9.17. The fraction of sp³-hybridized carbons (Fsp3) is 0.500. The third-order valence-corrected chi connectivity index (χ3v) is 3.19. The number of nitrogen functional groups attached to an aromatic ring is 1. The zero-order valence-electron chi connectivity index (χ0n) is 9.17. The lowest BCUT2D eigenvalue weighted by atomic mass is 9.98. The lowest BCUT2D eigenvalue weighted by Gasteiger charge is -2.29. The standard InChI is InChI=1S/C12H17FN2O/c13-9-5-10(14)7-11(6-9)15-12(8-16)3-1-2-4-12/h5-7,15-16H,1-4,8,14H2. The first-order valence-corrected chi connectivity index (χ1v) is 5.59. The molecule has 0 bridgehead atoms. The van der Waals surface area contributed by atoms with E-state index in [9.17, 15) is 9.50 Å². The van der Waals surface area contributed by atoms with Crippen molar-refractivity contribution in [3.8, 4) is 0 Å². The first kappa shape index (κ1) is 11.2. The molecule has 3 nitrogen and oxygen atoms in total. The fourth-order valence-corrected chi connectivity index (χ4v) is 2.37. The van der Waals surface area contributed by atoms with E-state index >= 15 is 0 Å². The van der Waals surface area contributed by atoms with Crippen LogP contribution in [0.5, 0.6) is 0 Å². The van der Waals surface area contributed by atoms with Crippen molar-refractivity contribution in [2.75, 3.05) is 17.7 Å². The Kier molecular flexibility index (Phi) is 3.01. The minimum absolute atomic E-state index is 0.0728. The van der Waals surface area contributed by atoms with Gasteiger partial charge in [-0.2, -0.15) is 0 Å². The maximum atomic E-state index is 13.1. The van der Waals surface area contributed by atoms with Crippen LogP contribution in [-0.4, -0.2) is 17.3 Å². The summed E-state index contributed by atoms with van der Waals surface area (Å²) in [4.78, 5) is 0. The highest BCUT2D eigenvalue weighted by molar-refractivity contribution is 5.56. The van der Waals surface area contributed by atoms with Gasteiger partial charge in [0.2, 0.25) is 0 Å². The Morgan fingerprint density at radius 3 is 2.56 bits per heavy atom. The molecule has 0 radical (unpaired) electrons. The Balaban J connectivity index is 2.18. The van der Waals surface area contributed by atoms with Gasteiger partial charge in [0.15, 0.2) is 0 Å². The predicted molar refractivity (Wildman–Crippen MR) is 62.7 cm³/mol. The number of halogens is 1. The van der Waals surface area contributed by atoms with Crippen molar-refractivity contribution in [3.63, 3.8) is 0 Å². The van der Waals surface area contributed by atoms with Crippen LogP contribution < -0.4 is 11.1 Å². The molecule has 0 unspecified atom stereocenters. The number of benzene rings is 1. The Labute approximate surface area is 94.5 Å². The first-order valence-electron chi connectivity index (χ1n) is 5.59. The molecule has 1 aromatic carbocycles. The summed E-state index contributed by atoms with van der Waals surface area (Å²) in [7, 11) is 0. The molecule has 88 valence electrons. The third-order valence-electron chi connectivity index (χ3n) is 3.19. The van der Waals surface area contributed by atoms with Crippen LogP contribution in [0.3, 0.4) is 0 Å². The van der Waals surface area contributed by atoms with Gasteiger partial charge in [-0.1, -0.05) is 12.8 Å². The second kappa shape index (κ2) is 4.29. The molecule has 4 heteroatoms. The van der Waals surface area contributed by atoms with E-state index in [0.717, 1.165) is 25.7 Å². The molecule has 0 spiro atoms. The molecule has 1 aliphatic rings. The van der Waals surface area contributed by atoms with Gasteiger partial charge >= 0.3 is 0 Å². The Hall–Kier alpha value is -1.29. The Bertz CT molecular complexity index is 355. The minimum atomic E-state index is -0.353. The zero-order chi connectivity index (χ0) is 11.6. The first-order chi connectivity index (χ1) is 7.63. The monoisotopic (exact) mass is 224 g/mol. The minimum Gasteiger partial charge on any atom is -0.399 e. The molecule has 16 heavy (non-hydrogen) atoms. The second-order valence-corrected chi connectivity index (χ2v) is 4.54. The van der Waals surface area contributed by atoms with Crippen LogP contribution in [0.15, 0.2) is 18.2 Å². The normalized spacial score (nSPS) is 18.6. The molecule has 1 fully saturated rings. The molecule has 1 aliphatic carbocycles. The Morgan fingerprint density at radius 1 is 1.31 bits per heavy atom. The average molecular weight is 224 g/mol. The van der Waals surface area contributed by atoms with Gasteiger partial charge in [0.25, 0.3) is 0 Å². The van der Waals surface area contributed by atoms with Crippen molar-refractivity contribution < 1.29 is 9.50 Å². The number of aliphatic hydroxyl groups is 1. The molecule has 0 amide bonds. The van der Waals surface area contributed by atoms with E-state index in [1.165, 1.54) is 12.1 Å². The molecule has 1 aromatic rings. The highest BCUT2D eigenvalue weighted by Gasteiger charge is 2.32. The van der Waals surface area contributed by atoms with E-state index in [1.54, 1.807) is 6.07 Å². The molecule has 0 heterocycles. The van der Waals surface area contributed by atoms with E-state index in [1.807, 2.05) is 0 Å². The third kappa shape index (κ3) is 2.27. The van der Waals surface area contributed by atoms with Gasteiger partial charge in [-0.3, -0.25) is 0 Å². The topological polar surface area (TPSA) is 58.3 Å². The van der Waals surface area contributed by atoms with Gasteiger partial charge < -0.3 is 16.2 Å². The summed E-state index contributed by atoms with van der Waals surface area (Å²) in [5, 5.41) is 12.6. The van der Waals surface area contributed by atoms with Crippen LogP contribution in [0.25, 0.3) is 0 Å². The molecule has 2 rings (SSSR count). The van der Waals surface area contributed by atoms with E-state index in [0.29, 0.717) is 11.4 Å². The number of aliphatic hydroxyl groups excluding tert-OH is 1. The lowest BCUT2D eigenvalue weighted by Crippen LogP contribution is -2.39. The van der Waals surface area contributed by atoms with E-state index in [-0.39, 0.29) is 18.0 Å².